The largest absolute Gasteiger partial charge is 0.492 e. The summed E-state index contributed by atoms with van der Waals surface area (Å²) in [7, 11) is 0. The third-order valence-corrected chi connectivity index (χ3v) is 6.57. The number of benzene rings is 5. The van der Waals surface area contributed by atoms with Gasteiger partial charge >= 0.3 is 0 Å². The van der Waals surface area contributed by atoms with Crippen LogP contribution >= 0.6 is 0 Å². The highest BCUT2D eigenvalue weighted by Crippen LogP contribution is 2.42. The SMILES string of the molecule is CC(C#N)COc1cc(-c2ccc3ccccc3c2)c(OCC(C)N=O)cc1-c1ccc2ccccc2c1. The molecule has 0 bridgehead atoms. The summed E-state index contributed by atoms with van der Waals surface area (Å²) in [5.41, 5.74) is 3.64. The number of nitroso groups, excluding NO2 is 1. The average molecular weight is 501 g/mol. The van der Waals surface area contributed by atoms with Crippen molar-refractivity contribution in [1.29, 1.82) is 5.26 Å². The summed E-state index contributed by atoms with van der Waals surface area (Å²) < 4.78 is 12.5. The first-order valence-electron chi connectivity index (χ1n) is 12.7. The van der Waals surface area contributed by atoms with Gasteiger partial charge in [0.15, 0.2) is 0 Å². The van der Waals surface area contributed by atoms with Gasteiger partial charge in [0.1, 0.15) is 30.8 Å². The normalized spacial score (nSPS) is 12.6. The summed E-state index contributed by atoms with van der Waals surface area (Å²) in [5.74, 6) is 1.04. The van der Waals surface area contributed by atoms with Crippen LogP contribution in [0, 0.1) is 22.2 Å². The molecule has 5 rings (SSSR count). The maximum Gasteiger partial charge on any atom is 0.128 e. The van der Waals surface area contributed by atoms with Gasteiger partial charge in [-0.3, -0.25) is 0 Å². The third-order valence-electron chi connectivity index (χ3n) is 6.57. The molecule has 0 fully saturated rings. The Bertz CT molecular complexity index is 1650. The fourth-order valence-electron chi connectivity index (χ4n) is 4.46. The molecule has 5 heteroatoms. The number of rotatable bonds is 9. The van der Waals surface area contributed by atoms with Crippen LogP contribution in [0.2, 0.25) is 0 Å². The van der Waals surface area contributed by atoms with E-state index >= 15 is 0 Å². The van der Waals surface area contributed by atoms with E-state index < -0.39 is 6.04 Å². The number of fused-ring (bicyclic) bond motifs is 2. The van der Waals surface area contributed by atoms with Crippen LogP contribution in [0.15, 0.2) is 102 Å². The molecule has 0 radical (unpaired) electrons. The molecule has 0 saturated carbocycles. The van der Waals surface area contributed by atoms with Crippen LogP contribution in [0.3, 0.4) is 0 Å². The fraction of sp³-hybridized carbons (Fsp3) is 0.182. The second kappa shape index (κ2) is 11.1. The predicted molar refractivity (Wildman–Crippen MR) is 153 cm³/mol. The van der Waals surface area contributed by atoms with E-state index in [0.717, 1.165) is 43.8 Å². The lowest BCUT2D eigenvalue weighted by Gasteiger charge is -2.19. The van der Waals surface area contributed by atoms with Crippen molar-refractivity contribution in [3.63, 3.8) is 0 Å². The minimum atomic E-state index is -0.490. The van der Waals surface area contributed by atoms with Gasteiger partial charge in [0.2, 0.25) is 0 Å². The van der Waals surface area contributed by atoms with Gasteiger partial charge in [-0.1, -0.05) is 78.0 Å². The first-order valence-corrected chi connectivity index (χ1v) is 12.7. The molecule has 0 aromatic heterocycles. The monoisotopic (exact) mass is 500 g/mol. The predicted octanol–water partition coefficient (Wildman–Crippen LogP) is 8.40. The van der Waals surface area contributed by atoms with Crippen molar-refractivity contribution in [3.8, 4) is 39.8 Å². The Morgan fingerprint density at radius 1 is 0.684 bits per heavy atom. The average Bonchev–Trinajstić information content (AvgIpc) is 2.97. The quantitative estimate of drug-likeness (QED) is 0.191. The van der Waals surface area contributed by atoms with E-state index in [-0.39, 0.29) is 19.1 Å². The lowest BCUT2D eigenvalue weighted by atomic mass is 9.95. The molecule has 0 spiro atoms. The van der Waals surface area contributed by atoms with E-state index in [1.807, 2.05) is 43.3 Å². The van der Waals surface area contributed by atoms with E-state index in [1.165, 1.54) is 0 Å². The number of nitriles is 1. The summed E-state index contributed by atoms with van der Waals surface area (Å²) >= 11 is 0. The van der Waals surface area contributed by atoms with Crippen LogP contribution in [0.1, 0.15) is 13.8 Å². The van der Waals surface area contributed by atoms with E-state index in [9.17, 15) is 10.2 Å². The number of hydrogen-bond donors (Lipinski definition) is 0. The zero-order valence-corrected chi connectivity index (χ0v) is 21.4. The van der Waals surface area contributed by atoms with Gasteiger partial charge in [0.05, 0.1) is 12.0 Å². The summed E-state index contributed by atoms with van der Waals surface area (Å²) in [5, 5.41) is 17.0. The van der Waals surface area contributed by atoms with Crippen LogP contribution in [-0.4, -0.2) is 19.3 Å². The van der Waals surface area contributed by atoms with Gasteiger partial charge < -0.3 is 9.47 Å². The highest BCUT2D eigenvalue weighted by molar-refractivity contribution is 5.92. The van der Waals surface area contributed by atoms with E-state index in [1.54, 1.807) is 6.92 Å². The highest BCUT2D eigenvalue weighted by Gasteiger charge is 2.18. The van der Waals surface area contributed by atoms with Crippen LogP contribution in [0.4, 0.5) is 0 Å². The topological polar surface area (TPSA) is 71.7 Å². The van der Waals surface area contributed by atoms with E-state index in [0.29, 0.717) is 11.5 Å². The molecule has 2 unspecified atom stereocenters. The lowest BCUT2D eigenvalue weighted by Crippen LogP contribution is -2.12. The molecule has 0 aliphatic heterocycles. The second-order valence-electron chi connectivity index (χ2n) is 9.57. The molecule has 0 heterocycles. The Kier molecular flexibility index (Phi) is 7.33. The van der Waals surface area contributed by atoms with Crippen molar-refractivity contribution < 1.29 is 9.47 Å². The maximum absolute atomic E-state index is 11.1. The zero-order chi connectivity index (χ0) is 26.5. The van der Waals surface area contributed by atoms with Crippen LogP contribution < -0.4 is 9.47 Å². The Morgan fingerprint density at radius 2 is 1.16 bits per heavy atom. The maximum atomic E-state index is 11.1. The molecule has 0 N–H and O–H groups in total. The highest BCUT2D eigenvalue weighted by atomic mass is 16.5. The van der Waals surface area contributed by atoms with Crippen molar-refractivity contribution in [3.05, 3.63) is 102 Å². The first kappa shape index (κ1) is 25.0. The van der Waals surface area contributed by atoms with Crippen LogP contribution in [-0.2, 0) is 0 Å². The van der Waals surface area contributed by atoms with Crippen LogP contribution in [0.25, 0.3) is 43.8 Å². The molecule has 38 heavy (non-hydrogen) atoms. The molecule has 0 aliphatic rings. The lowest BCUT2D eigenvalue weighted by molar-refractivity contribution is 0.285. The summed E-state index contributed by atoms with van der Waals surface area (Å²) in [6.07, 6.45) is 0. The Hall–Kier alpha value is -4.69. The van der Waals surface area contributed by atoms with Crippen molar-refractivity contribution in [2.75, 3.05) is 13.2 Å². The first-order chi connectivity index (χ1) is 18.6. The summed E-state index contributed by atoms with van der Waals surface area (Å²) in [6, 6.07) is 34.6. The van der Waals surface area contributed by atoms with Crippen molar-refractivity contribution >= 4 is 21.5 Å². The van der Waals surface area contributed by atoms with Gasteiger partial charge in [-0.15, -0.1) is 0 Å². The van der Waals surface area contributed by atoms with Crippen molar-refractivity contribution in [1.82, 2.24) is 0 Å². The van der Waals surface area contributed by atoms with Gasteiger partial charge in [0, 0.05) is 11.1 Å². The molecular weight excluding hydrogens is 472 g/mol. The van der Waals surface area contributed by atoms with Gasteiger partial charge in [-0.2, -0.15) is 10.2 Å². The van der Waals surface area contributed by atoms with Crippen molar-refractivity contribution in [2.45, 2.75) is 19.9 Å². The smallest absolute Gasteiger partial charge is 0.128 e. The van der Waals surface area contributed by atoms with Gasteiger partial charge in [-0.05, 0) is 70.8 Å². The van der Waals surface area contributed by atoms with Crippen molar-refractivity contribution in [2.24, 2.45) is 11.1 Å². The van der Waals surface area contributed by atoms with E-state index in [2.05, 4.69) is 71.9 Å². The number of hydrogen-bond acceptors (Lipinski definition) is 5. The molecule has 5 aromatic rings. The standard InChI is InChI=1S/C33H28N2O3/c1-22(19-34)20-37-32-17-31(29-14-12-25-8-4-6-10-27(25)16-29)33(38-21-23(2)35-36)18-30(32)28-13-11-24-7-3-5-9-26(24)15-28/h3-18,22-23H,20-21H2,1-2H3. The molecular formula is C33H28N2O3. The molecule has 5 nitrogen and oxygen atoms in total. The second-order valence-corrected chi connectivity index (χ2v) is 9.57. The molecule has 2 atom stereocenters. The Balaban J connectivity index is 1.69. The minimum Gasteiger partial charge on any atom is -0.492 e. The molecule has 0 aliphatic carbocycles. The number of ether oxygens (including phenoxy) is 2. The third kappa shape index (κ3) is 5.35. The van der Waals surface area contributed by atoms with E-state index in [4.69, 9.17) is 9.47 Å². The molecule has 188 valence electrons. The minimum absolute atomic E-state index is 0.160. The van der Waals surface area contributed by atoms with Crippen LogP contribution in [0.5, 0.6) is 11.5 Å². The van der Waals surface area contributed by atoms with Gasteiger partial charge in [-0.25, -0.2) is 0 Å². The Morgan fingerprint density at radius 3 is 1.63 bits per heavy atom. The Labute approximate surface area is 222 Å². The molecule has 0 saturated heterocycles. The zero-order valence-electron chi connectivity index (χ0n) is 21.4. The number of nitrogens with zero attached hydrogens (tertiary/aromatic N) is 2. The molecule has 0 amide bonds. The van der Waals surface area contributed by atoms with Gasteiger partial charge in [0.25, 0.3) is 0 Å². The summed E-state index contributed by atoms with van der Waals surface area (Å²) in [4.78, 5) is 11.1. The molecule has 5 aromatic carbocycles. The summed E-state index contributed by atoms with van der Waals surface area (Å²) in [6.45, 7) is 3.99. The fourth-order valence-corrected chi connectivity index (χ4v) is 4.46.